The molecule has 0 amide bonds. The second-order valence-corrected chi connectivity index (χ2v) is 6.04. The van der Waals surface area contributed by atoms with Crippen LogP contribution in [0.5, 0.6) is 0 Å². The molecule has 1 aliphatic rings. The maximum absolute atomic E-state index is 13.5. The first-order valence-corrected chi connectivity index (χ1v) is 7.45. The molecule has 0 radical (unpaired) electrons. The SMILES string of the molecule is O=C(O)c1c2c(nc3cc(F)ccc13)-c1ccsc1CC2. The number of thiophene rings is 1. The molecule has 5 heteroatoms. The van der Waals surface area contributed by atoms with Crippen molar-refractivity contribution in [1.82, 2.24) is 4.98 Å². The summed E-state index contributed by atoms with van der Waals surface area (Å²) in [5.41, 5.74) is 3.08. The third-order valence-corrected chi connectivity index (χ3v) is 4.85. The minimum absolute atomic E-state index is 0.256. The molecule has 1 aliphatic carbocycles. The third kappa shape index (κ3) is 1.77. The van der Waals surface area contributed by atoms with Crippen LogP contribution >= 0.6 is 11.3 Å². The predicted molar refractivity (Wildman–Crippen MR) is 79.4 cm³/mol. The van der Waals surface area contributed by atoms with Gasteiger partial charge in [-0.15, -0.1) is 11.3 Å². The van der Waals surface area contributed by atoms with Gasteiger partial charge in [-0.2, -0.15) is 0 Å². The van der Waals surface area contributed by atoms with Crippen LogP contribution in [0, 0.1) is 5.82 Å². The largest absolute Gasteiger partial charge is 0.478 e. The number of nitrogens with zero attached hydrogens (tertiary/aromatic N) is 1. The number of aryl methyl sites for hydroxylation is 1. The summed E-state index contributed by atoms with van der Waals surface area (Å²) in [7, 11) is 0. The summed E-state index contributed by atoms with van der Waals surface area (Å²) in [4.78, 5) is 17.4. The standard InChI is InChI=1S/C16H10FNO2S/c17-8-1-2-9-12(7-8)18-15-10-5-6-21-13(10)4-3-11(15)14(9)16(19)20/h1-2,5-7H,3-4H2,(H,19,20). The van der Waals surface area contributed by atoms with Gasteiger partial charge in [0.25, 0.3) is 0 Å². The Hall–Kier alpha value is -2.27. The second kappa shape index (κ2) is 4.36. The Morgan fingerprint density at radius 2 is 2.14 bits per heavy atom. The van der Waals surface area contributed by atoms with Gasteiger partial charge in [0.2, 0.25) is 0 Å². The van der Waals surface area contributed by atoms with Gasteiger partial charge < -0.3 is 5.11 Å². The lowest BCUT2D eigenvalue weighted by atomic mass is 9.89. The van der Waals surface area contributed by atoms with E-state index in [0.717, 1.165) is 17.5 Å². The first-order valence-electron chi connectivity index (χ1n) is 6.57. The molecular weight excluding hydrogens is 289 g/mol. The summed E-state index contributed by atoms with van der Waals surface area (Å²) < 4.78 is 13.5. The number of carbonyl (C=O) groups is 1. The van der Waals surface area contributed by atoms with Crippen LogP contribution in [0.1, 0.15) is 20.8 Å². The van der Waals surface area contributed by atoms with Gasteiger partial charge in [0, 0.05) is 21.9 Å². The van der Waals surface area contributed by atoms with E-state index in [9.17, 15) is 14.3 Å². The van der Waals surface area contributed by atoms with Gasteiger partial charge in [0.05, 0.1) is 16.8 Å². The van der Waals surface area contributed by atoms with Crippen molar-refractivity contribution in [2.75, 3.05) is 0 Å². The molecule has 21 heavy (non-hydrogen) atoms. The number of hydrogen-bond donors (Lipinski definition) is 1. The highest BCUT2D eigenvalue weighted by molar-refractivity contribution is 7.10. The number of hydrogen-bond acceptors (Lipinski definition) is 3. The number of carboxylic acids is 1. The Morgan fingerprint density at radius 1 is 1.29 bits per heavy atom. The van der Waals surface area contributed by atoms with E-state index in [1.165, 1.54) is 23.1 Å². The minimum Gasteiger partial charge on any atom is -0.478 e. The van der Waals surface area contributed by atoms with Crippen LogP contribution in [-0.4, -0.2) is 16.1 Å². The molecule has 3 nitrogen and oxygen atoms in total. The number of halogens is 1. The zero-order valence-electron chi connectivity index (χ0n) is 10.9. The van der Waals surface area contributed by atoms with Gasteiger partial charge in [-0.3, -0.25) is 0 Å². The van der Waals surface area contributed by atoms with Crippen molar-refractivity contribution in [3.05, 3.63) is 51.5 Å². The number of benzene rings is 1. The zero-order chi connectivity index (χ0) is 14.6. The Kier molecular flexibility index (Phi) is 2.59. The van der Waals surface area contributed by atoms with Crippen molar-refractivity contribution in [3.8, 4) is 11.3 Å². The average Bonchev–Trinajstić information content (AvgIpc) is 2.93. The molecule has 4 rings (SSSR count). The summed E-state index contributed by atoms with van der Waals surface area (Å²) in [5.74, 6) is -1.39. The molecule has 104 valence electrons. The molecular formula is C16H10FNO2S. The fourth-order valence-corrected chi connectivity index (χ4v) is 3.85. The van der Waals surface area contributed by atoms with Gasteiger partial charge >= 0.3 is 5.97 Å². The van der Waals surface area contributed by atoms with Gasteiger partial charge in [-0.1, -0.05) is 0 Å². The van der Waals surface area contributed by atoms with Gasteiger partial charge in [0.1, 0.15) is 5.82 Å². The van der Waals surface area contributed by atoms with Crippen molar-refractivity contribution >= 4 is 28.2 Å². The fraction of sp³-hybridized carbons (Fsp3) is 0.125. The highest BCUT2D eigenvalue weighted by Crippen LogP contribution is 2.39. The Labute approximate surface area is 123 Å². The van der Waals surface area contributed by atoms with E-state index in [4.69, 9.17) is 0 Å². The van der Waals surface area contributed by atoms with E-state index in [0.29, 0.717) is 23.0 Å². The highest BCUT2D eigenvalue weighted by Gasteiger charge is 2.26. The van der Waals surface area contributed by atoms with Crippen LogP contribution in [0.3, 0.4) is 0 Å². The van der Waals surface area contributed by atoms with E-state index >= 15 is 0 Å². The molecule has 1 N–H and O–H groups in total. The number of pyridine rings is 1. The molecule has 2 aromatic heterocycles. The fourth-order valence-electron chi connectivity index (χ4n) is 2.97. The molecule has 0 saturated carbocycles. The summed E-state index contributed by atoms with van der Waals surface area (Å²) in [6, 6.07) is 6.04. The zero-order valence-corrected chi connectivity index (χ0v) is 11.7. The summed E-state index contributed by atoms with van der Waals surface area (Å²) in [6.07, 6.45) is 1.49. The monoisotopic (exact) mass is 299 g/mol. The van der Waals surface area contributed by atoms with Crippen LogP contribution in [0.2, 0.25) is 0 Å². The van der Waals surface area contributed by atoms with Crippen LogP contribution < -0.4 is 0 Å². The van der Waals surface area contributed by atoms with Crippen molar-refractivity contribution in [3.63, 3.8) is 0 Å². The normalized spacial score (nSPS) is 13.0. The van der Waals surface area contributed by atoms with E-state index in [-0.39, 0.29) is 5.56 Å². The molecule has 1 aromatic carbocycles. The maximum atomic E-state index is 13.5. The number of carboxylic acid groups (broad SMARTS) is 1. The van der Waals surface area contributed by atoms with E-state index < -0.39 is 11.8 Å². The van der Waals surface area contributed by atoms with Gasteiger partial charge in [-0.05, 0) is 42.0 Å². The molecule has 0 aliphatic heterocycles. The molecule has 2 heterocycles. The maximum Gasteiger partial charge on any atom is 0.336 e. The number of fused-ring (bicyclic) bond motifs is 4. The first-order chi connectivity index (χ1) is 10.1. The van der Waals surface area contributed by atoms with Crippen molar-refractivity contribution in [1.29, 1.82) is 0 Å². The average molecular weight is 299 g/mol. The van der Waals surface area contributed by atoms with Crippen molar-refractivity contribution in [2.24, 2.45) is 0 Å². The number of rotatable bonds is 1. The molecule has 0 unspecified atom stereocenters. The number of aromatic carboxylic acids is 1. The molecule has 3 aromatic rings. The first kappa shape index (κ1) is 12.5. The van der Waals surface area contributed by atoms with E-state index in [1.807, 2.05) is 11.4 Å². The third-order valence-electron chi connectivity index (χ3n) is 3.87. The van der Waals surface area contributed by atoms with Crippen LogP contribution in [0.15, 0.2) is 29.6 Å². The minimum atomic E-state index is -0.982. The highest BCUT2D eigenvalue weighted by atomic mass is 32.1. The molecule has 0 atom stereocenters. The Balaban J connectivity index is 2.16. The lowest BCUT2D eigenvalue weighted by Crippen LogP contribution is -2.12. The predicted octanol–water partition coefficient (Wildman–Crippen LogP) is 3.90. The topological polar surface area (TPSA) is 50.2 Å². The molecule has 0 spiro atoms. The Bertz CT molecular complexity index is 901. The van der Waals surface area contributed by atoms with Crippen LogP contribution in [0.4, 0.5) is 4.39 Å². The molecule has 0 bridgehead atoms. The van der Waals surface area contributed by atoms with Gasteiger partial charge in [-0.25, -0.2) is 14.2 Å². The molecule has 0 saturated heterocycles. The van der Waals surface area contributed by atoms with Crippen molar-refractivity contribution in [2.45, 2.75) is 12.8 Å². The van der Waals surface area contributed by atoms with Gasteiger partial charge in [0.15, 0.2) is 0 Å². The van der Waals surface area contributed by atoms with Crippen LogP contribution in [-0.2, 0) is 12.8 Å². The summed E-state index contributed by atoms with van der Waals surface area (Å²) >= 11 is 1.65. The Morgan fingerprint density at radius 3 is 2.95 bits per heavy atom. The van der Waals surface area contributed by atoms with Crippen molar-refractivity contribution < 1.29 is 14.3 Å². The smallest absolute Gasteiger partial charge is 0.336 e. The summed E-state index contributed by atoms with van der Waals surface area (Å²) in [6.45, 7) is 0. The lowest BCUT2D eigenvalue weighted by Gasteiger charge is -2.19. The van der Waals surface area contributed by atoms with E-state index in [1.54, 1.807) is 11.3 Å². The number of aromatic nitrogens is 1. The quantitative estimate of drug-likeness (QED) is 0.741. The molecule has 0 fully saturated rings. The second-order valence-electron chi connectivity index (χ2n) is 5.04. The van der Waals surface area contributed by atoms with E-state index in [2.05, 4.69) is 4.98 Å². The van der Waals surface area contributed by atoms with Crippen LogP contribution in [0.25, 0.3) is 22.2 Å². The summed E-state index contributed by atoms with van der Waals surface area (Å²) in [5, 5.41) is 12.1. The lowest BCUT2D eigenvalue weighted by molar-refractivity contribution is 0.0698.